The summed E-state index contributed by atoms with van der Waals surface area (Å²) in [4.78, 5) is 4.87. The highest BCUT2D eigenvalue weighted by molar-refractivity contribution is 7.26. The Morgan fingerprint density at radius 3 is 1.17 bits per heavy atom. The second kappa shape index (κ2) is 26.4. The van der Waals surface area contributed by atoms with Crippen molar-refractivity contribution in [2.45, 2.75) is 32.1 Å². The van der Waals surface area contributed by atoms with Gasteiger partial charge in [-0.15, -0.1) is 11.3 Å². The topological polar surface area (TPSA) is 6.48 Å². The number of nitrogens with zero attached hydrogens (tertiary/aromatic N) is 2. The summed E-state index contributed by atoms with van der Waals surface area (Å²) in [6.45, 7) is 4.74. The van der Waals surface area contributed by atoms with Gasteiger partial charge in [0, 0.05) is 65.3 Å². The lowest BCUT2D eigenvalue weighted by Gasteiger charge is -2.29. The van der Waals surface area contributed by atoms with Gasteiger partial charge in [-0.05, 0) is 209 Å². The molecule has 16 aromatic rings. The van der Waals surface area contributed by atoms with E-state index < -0.39 is 0 Å². The van der Waals surface area contributed by atoms with Crippen molar-refractivity contribution in [1.82, 2.24) is 0 Å². The molecule has 102 heavy (non-hydrogen) atoms. The Kier molecular flexibility index (Phi) is 16.0. The lowest BCUT2D eigenvalue weighted by Crippen LogP contribution is -2.16. The number of benzene rings is 15. The van der Waals surface area contributed by atoms with Gasteiger partial charge in [0.2, 0.25) is 0 Å². The van der Waals surface area contributed by atoms with Crippen LogP contribution in [-0.2, 0) is 5.41 Å². The number of hydrogen-bond acceptors (Lipinski definition) is 3. The Balaban J connectivity index is 0.688. The van der Waals surface area contributed by atoms with Crippen LogP contribution in [0.25, 0.3) is 126 Å². The van der Waals surface area contributed by atoms with Crippen LogP contribution in [0.3, 0.4) is 0 Å². The second-order valence-electron chi connectivity index (χ2n) is 27.4. The summed E-state index contributed by atoms with van der Waals surface area (Å²) in [5, 5.41) is 2.58. The van der Waals surface area contributed by atoms with Crippen molar-refractivity contribution in [2.24, 2.45) is 0 Å². The predicted octanol–water partition coefficient (Wildman–Crippen LogP) is 28.4. The van der Waals surface area contributed by atoms with E-state index in [1.165, 1.54) is 115 Å². The number of hydrogen-bond donors (Lipinski definition) is 0. The van der Waals surface area contributed by atoms with Crippen molar-refractivity contribution in [3.63, 3.8) is 0 Å². The van der Waals surface area contributed by atoms with Crippen molar-refractivity contribution < 1.29 is 0 Å². The highest BCUT2D eigenvalue weighted by Gasteiger charge is 2.36. The van der Waals surface area contributed by atoms with Gasteiger partial charge in [-0.3, -0.25) is 0 Å². The minimum Gasteiger partial charge on any atom is -0.310 e. The minimum atomic E-state index is -0.166. The number of rotatable bonds is 15. The molecule has 18 rings (SSSR count). The van der Waals surface area contributed by atoms with Crippen molar-refractivity contribution in [2.75, 3.05) is 9.80 Å². The summed E-state index contributed by atoms with van der Waals surface area (Å²) in [5.74, 6) is 0. The average molecular weight is 1320 g/mol. The van der Waals surface area contributed by atoms with Crippen LogP contribution in [0.4, 0.5) is 34.1 Å². The molecule has 0 aliphatic heterocycles. The third-order valence-electron chi connectivity index (χ3n) is 21.0. The molecule has 0 atom stereocenters. The van der Waals surface area contributed by atoms with E-state index in [0.717, 1.165) is 74.8 Å². The van der Waals surface area contributed by atoms with Crippen LogP contribution in [0.1, 0.15) is 43.4 Å². The molecule has 3 heteroatoms. The number of fused-ring (bicyclic) bond motifs is 6. The zero-order chi connectivity index (χ0) is 68.1. The Morgan fingerprint density at radius 2 is 0.637 bits per heavy atom. The molecule has 484 valence electrons. The predicted molar refractivity (Wildman–Crippen MR) is 436 cm³/mol. The molecule has 0 saturated heterocycles. The van der Waals surface area contributed by atoms with Gasteiger partial charge >= 0.3 is 0 Å². The molecule has 15 aromatic carbocycles. The maximum Gasteiger partial charge on any atom is 0.0468 e. The first-order valence-corrected chi connectivity index (χ1v) is 36.3. The molecule has 2 nitrogen and oxygen atoms in total. The molecule has 0 fully saturated rings. The van der Waals surface area contributed by atoms with E-state index in [4.69, 9.17) is 0 Å². The first-order valence-electron chi connectivity index (χ1n) is 35.5. The van der Waals surface area contributed by atoms with Gasteiger partial charge in [-0.1, -0.05) is 311 Å². The Labute approximate surface area is 602 Å². The Morgan fingerprint density at radius 1 is 0.265 bits per heavy atom. The molecular formula is C99H72N2S. The van der Waals surface area contributed by atoms with E-state index in [9.17, 15) is 0 Å². The fraction of sp³-hybridized carbons (Fsp3) is 0.0505. The van der Waals surface area contributed by atoms with Gasteiger partial charge < -0.3 is 9.80 Å². The molecule has 2 aliphatic rings. The van der Waals surface area contributed by atoms with Crippen LogP contribution in [-0.4, -0.2) is 0 Å². The van der Waals surface area contributed by atoms with E-state index in [-0.39, 0.29) is 5.41 Å². The highest BCUT2D eigenvalue weighted by atomic mass is 32.1. The van der Waals surface area contributed by atoms with Gasteiger partial charge in [0.25, 0.3) is 0 Å². The van der Waals surface area contributed by atoms with E-state index in [0.29, 0.717) is 0 Å². The summed E-state index contributed by atoms with van der Waals surface area (Å²) in [7, 11) is 0. The van der Waals surface area contributed by atoms with E-state index >= 15 is 0 Å². The molecule has 1 heterocycles. The quantitative estimate of drug-likeness (QED) is 0.101. The van der Waals surface area contributed by atoms with Crippen molar-refractivity contribution in [3.05, 3.63) is 393 Å². The van der Waals surface area contributed by atoms with Gasteiger partial charge in [0.05, 0.1) is 0 Å². The minimum absolute atomic E-state index is 0.166. The second-order valence-corrected chi connectivity index (χ2v) is 28.5. The molecular weight excluding hydrogens is 1250 g/mol. The molecule has 1 aromatic heterocycles. The molecule has 0 saturated carbocycles. The van der Waals surface area contributed by atoms with E-state index in [1.807, 2.05) is 11.3 Å². The summed E-state index contributed by atoms with van der Waals surface area (Å²) < 4.78 is 2.59. The fourth-order valence-corrected chi connectivity index (χ4v) is 16.9. The van der Waals surface area contributed by atoms with Crippen molar-refractivity contribution in [3.8, 4) is 100 Å². The Bertz CT molecular complexity index is 5830. The number of anilines is 6. The monoisotopic (exact) mass is 1320 g/mol. The summed E-state index contributed by atoms with van der Waals surface area (Å²) in [5.41, 5.74) is 33.4. The van der Waals surface area contributed by atoms with Gasteiger partial charge in [-0.25, -0.2) is 0 Å². The summed E-state index contributed by atoms with van der Waals surface area (Å²) in [6, 6.07) is 133. The van der Waals surface area contributed by atoms with Crippen LogP contribution in [0.15, 0.2) is 376 Å². The molecule has 0 radical (unpaired) electrons. The van der Waals surface area contributed by atoms with Crippen LogP contribution in [0, 0.1) is 0 Å². The first kappa shape index (κ1) is 61.9. The van der Waals surface area contributed by atoms with Crippen molar-refractivity contribution in [1.29, 1.82) is 0 Å². The molecule has 0 N–H and O–H groups in total. The normalized spacial score (nSPS) is 12.8. The SMILES string of the molecule is CC1(C)c2ccccc2-c2ccc(N(c3ccc(-c4ccccc4)cc3)c3ccc(-c4cccc5c4sc4ccccc45)c(-c4ccc(-c5ccc(-c6ccc(N(c7ccc(-c8ccc(-c9ccccc9)cc8)cc7)c7ccc(-c8ccccc8)c(C8=CC=CCC8)c7)cc6)cc5)cc4)c3)cc21. The third kappa shape index (κ3) is 11.5. The molecule has 0 spiro atoms. The largest absolute Gasteiger partial charge is 0.310 e. The van der Waals surface area contributed by atoms with Crippen LogP contribution < -0.4 is 9.80 Å². The van der Waals surface area contributed by atoms with Gasteiger partial charge in [-0.2, -0.15) is 0 Å². The molecule has 0 bridgehead atoms. The van der Waals surface area contributed by atoms with Gasteiger partial charge in [0.1, 0.15) is 0 Å². The average Bonchev–Trinajstić information content (AvgIpc) is 1.54. The van der Waals surface area contributed by atoms with Crippen LogP contribution in [0.5, 0.6) is 0 Å². The third-order valence-corrected chi connectivity index (χ3v) is 22.3. The fourth-order valence-electron chi connectivity index (χ4n) is 15.7. The zero-order valence-electron chi connectivity index (χ0n) is 57.0. The van der Waals surface area contributed by atoms with Crippen LogP contribution >= 0.6 is 11.3 Å². The maximum absolute atomic E-state index is 2.46. The van der Waals surface area contributed by atoms with E-state index in [2.05, 4.69) is 400 Å². The maximum atomic E-state index is 2.46. The number of allylic oxidation sites excluding steroid dienone is 4. The lowest BCUT2D eigenvalue weighted by molar-refractivity contribution is 0.660. The van der Waals surface area contributed by atoms with Crippen molar-refractivity contribution >= 4 is 71.2 Å². The smallest absolute Gasteiger partial charge is 0.0468 e. The number of thiophene rings is 1. The highest BCUT2D eigenvalue weighted by Crippen LogP contribution is 2.52. The standard InChI is InChI=1S/C99H72N2S/c1-99(2)95-32-17-15-28-88(95)89-63-60-85(66-96(89)99)101(82-56-46-74(47-57-82)68-22-9-4-10-23-68)84-59-62-87(91-30-19-31-92-90-29-16-18-33-97(90)102-98(91)92)94(65-84)79-44-42-73(43-45-79)70-38-40-72(41-39-70)76-50-54-81(55-51-76)100(80-52-48-75(49-53-80)71-36-34-69(35-37-71)67-20-7-3-8-21-67)83-58-61-86(77-24-11-5-12-25-77)93(64-83)78-26-13-6-14-27-78/h3-13,15-26,28-66H,14,27H2,1-2H3. The molecule has 2 aliphatic carbocycles. The van der Waals surface area contributed by atoms with Crippen LogP contribution in [0.2, 0.25) is 0 Å². The first-order chi connectivity index (χ1) is 50.3. The lowest BCUT2D eigenvalue weighted by atomic mass is 9.82. The molecule has 0 amide bonds. The molecule has 0 unspecified atom stereocenters. The van der Waals surface area contributed by atoms with E-state index in [1.54, 1.807) is 0 Å². The summed E-state index contributed by atoms with van der Waals surface area (Å²) >= 11 is 1.88. The Hall–Kier alpha value is -12.4. The summed E-state index contributed by atoms with van der Waals surface area (Å²) in [6.07, 6.45) is 8.80. The zero-order valence-corrected chi connectivity index (χ0v) is 57.8. The van der Waals surface area contributed by atoms with Gasteiger partial charge in [0.15, 0.2) is 0 Å².